The number of benzene rings is 1. The average molecular weight is 326 g/mol. The zero-order valence-corrected chi connectivity index (χ0v) is 13.1. The summed E-state index contributed by atoms with van der Waals surface area (Å²) in [5.74, 6) is 1.02. The third-order valence-electron chi connectivity index (χ3n) is 4.03. The maximum Gasteiger partial charge on any atom is 0.258 e. The number of nitrogens with zero attached hydrogens (tertiary/aromatic N) is 2. The standard InChI is InChI=1S/C15H17Cl2N3O/c16-11-6-5-10(9-12(11)17)13-19-14(20-21-13)15(18)7-3-1-2-4-8-15/h5-6,9H,1-4,7-8,18H2. The molecule has 0 aliphatic heterocycles. The summed E-state index contributed by atoms with van der Waals surface area (Å²) in [5, 5.41) is 5.06. The minimum Gasteiger partial charge on any atom is -0.334 e. The summed E-state index contributed by atoms with van der Waals surface area (Å²) in [6, 6.07) is 5.24. The summed E-state index contributed by atoms with van der Waals surface area (Å²) in [5.41, 5.74) is 6.77. The van der Waals surface area contributed by atoms with Crippen LogP contribution in [0.25, 0.3) is 11.5 Å². The quantitative estimate of drug-likeness (QED) is 0.822. The lowest BCUT2D eigenvalue weighted by molar-refractivity contribution is 0.334. The Balaban J connectivity index is 1.90. The molecule has 1 aromatic carbocycles. The first-order valence-corrected chi connectivity index (χ1v) is 7.93. The van der Waals surface area contributed by atoms with Gasteiger partial charge in [0.25, 0.3) is 5.89 Å². The molecule has 0 amide bonds. The van der Waals surface area contributed by atoms with Crippen molar-refractivity contribution in [1.82, 2.24) is 10.1 Å². The van der Waals surface area contributed by atoms with E-state index in [1.165, 1.54) is 12.8 Å². The van der Waals surface area contributed by atoms with Crippen LogP contribution in [0, 0.1) is 0 Å². The molecule has 4 nitrogen and oxygen atoms in total. The molecular weight excluding hydrogens is 309 g/mol. The summed E-state index contributed by atoms with van der Waals surface area (Å²) >= 11 is 11.9. The Morgan fingerprint density at radius 1 is 1.05 bits per heavy atom. The van der Waals surface area contributed by atoms with Crippen LogP contribution in [0.5, 0.6) is 0 Å². The van der Waals surface area contributed by atoms with Gasteiger partial charge in [0.1, 0.15) is 0 Å². The molecule has 1 saturated carbocycles. The summed E-state index contributed by atoms with van der Waals surface area (Å²) < 4.78 is 5.36. The minimum absolute atomic E-state index is 0.428. The van der Waals surface area contributed by atoms with E-state index < -0.39 is 5.54 Å². The van der Waals surface area contributed by atoms with Gasteiger partial charge in [-0.25, -0.2) is 0 Å². The number of aromatic nitrogens is 2. The molecule has 2 aromatic rings. The van der Waals surface area contributed by atoms with Gasteiger partial charge in [0.15, 0.2) is 5.82 Å². The molecule has 112 valence electrons. The fraction of sp³-hybridized carbons (Fsp3) is 0.467. The van der Waals surface area contributed by atoms with E-state index in [0.717, 1.165) is 31.2 Å². The minimum atomic E-state index is -0.478. The van der Waals surface area contributed by atoms with Gasteiger partial charge in [0.2, 0.25) is 0 Å². The van der Waals surface area contributed by atoms with Crippen LogP contribution in [-0.4, -0.2) is 10.1 Å². The van der Waals surface area contributed by atoms with E-state index in [1.54, 1.807) is 12.1 Å². The lowest BCUT2D eigenvalue weighted by Crippen LogP contribution is -2.37. The van der Waals surface area contributed by atoms with Gasteiger partial charge < -0.3 is 10.3 Å². The van der Waals surface area contributed by atoms with E-state index in [2.05, 4.69) is 10.1 Å². The van der Waals surface area contributed by atoms with Crippen molar-refractivity contribution < 1.29 is 4.52 Å². The summed E-state index contributed by atoms with van der Waals surface area (Å²) in [6.07, 6.45) is 6.44. The van der Waals surface area contributed by atoms with E-state index in [1.807, 2.05) is 6.07 Å². The molecule has 0 bridgehead atoms. The SMILES string of the molecule is NC1(c2noc(-c3ccc(Cl)c(Cl)c3)n2)CCCCCC1. The number of hydrogen-bond donors (Lipinski definition) is 1. The molecular formula is C15H17Cl2N3O. The Labute approximate surface area is 133 Å². The van der Waals surface area contributed by atoms with Crippen molar-refractivity contribution in [2.45, 2.75) is 44.1 Å². The van der Waals surface area contributed by atoms with Gasteiger partial charge in [-0.3, -0.25) is 0 Å². The number of rotatable bonds is 2. The topological polar surface area (TPSA) is 64.9 Å². The zero-order valence-electron chi connectivity index (χ0n) is 11.6. The van der Waals surface area contributed by atoms with Gasteiger partial charge in [-0.1, -0.05) is 54.0 Å². The third kappa shape index (κ3) is 3.07. The normalized spacial score (nSPS) is 18.4. The van der Waals surface area contributed by atoms with Crippen LogP contribution in [0.3, 0.4) is 0 Å². The summed E-state index contributed by atoms with van der Waals surface area (Å²) in [7, 11) is 0. The molecule has 1 aliphatic rings. The number of hydrogen-bond acceptors (Lipinski definition) is 4. The maximum absolute atomic E-state index is 6.49. The molecule has 3 rings (SSSR count). The van der Waals surface area contributed by atoms with Crippen LogP contribution in [0.1, 0.15) is 44.3 Å². The lowest BCUT2D eigenvalue weighted by Gasteiger charge is -2.23. The highest BCUT2D eigenvalue weighted by Gasteiger charge is 2.33. The Bertz CT molecular complexity index is 634. The molecule has 0 saturated heterocycles. The van der Waals surface area contributed by atoms with E-state index in [4.69, 9.17) is 33.5 Å². The van der Waals surface area contributed by atoms with E-state index in [9.17, 15) is 0 Å². The largest absolute Gasteiger partial charge is 0.334 e. The molecule has 1 aromatic heterocycles. The molecule has 1 aliphatic carbocycles. The predicted molar refractivity (Wildman–Crippen MR) is 83.3 cm³/mol. The molecule has 0 spiro atoms. The molecule has 1 heterocycles. The number of halogens is 2. The second-order valence-corrected chi connectivity index (χ2v) is 6.44. The highest BCUT2D eigenvalue weighted by molar-refractivity contribution is 6.42. The van der Waals surface area contributed by atoms with Crippen molar-refractivity contribution in [3.05, 3.63) is 34.1 Å². The van der Waals surface area contributed by atoms with Gasteiger partial charge in [0, 0.05) is 5.56 Å². The Kier molecular flexibility index (Phi) is 4.20. The van der Waals surface area contributed by atoms with Crippen LogP contribution in [-0.2, 0) is 5.54 Å². The van der Waals surface area contributed by atoms with E-state index in [-0.39, 0.29) is 0 Å². The highest BCUT2D eigenvalue weighted by Crippen LogP contribution is 2.34. The maximum atomic E-state index is 6.49. The van der Waals surface area contributed by atoms with Gasteiger partial charge in [-0.05, 0) is 31.0 Å². The van der Waals surface area contributed by atoms with Crippen molar-refractivity contribution in [2.24, 2.45) is 5.73 Å². The van der Waals surface area contributed by atoms with Crippen molar-refractivity contribution >= 4 is 23.2 Å². The second kappa shape index (κ2) is 5.95. The van der Waals surface area contributed by atoms with Crippen LogP contribution < -0.4 is 5.73 Å². The summed E-state index contributed by atoms with van der Waals surface area (Å²) in [4.78, 5) is 4.48. The van der Waals surface area contributed by atoms with Crippen LogP contribution >= 0.6 is 23.2 Å². The lowest BCUT2D eigenvalue weighted by atomic mass is 9.91. The van der Waals surface area contributed by atoms with E-state index in [0.29, 0.717) is 21.8 Å². The fourth-order valence-electron chi connectivity index (χ4n) is 2.76. The van der Waals surface area contributed by atoms with E-state index >= 15 is 0 Å². The average Bonchev–Trinajstić information content (AvgIpc) is 2.86. The molecule has 0 atom stereocenters. The fourth-order valence-corrected chi connectivity index (χ4v) is 3.05. The Morgan fingerprint density at radius 2 is 1.76 bits per heavy atom. The smallest absolute Gasteiger partial charge is 0.258 e. The zero-order chi connectivity index (χ0) is 14.9. The molecule has 6 heteroatoms. The van der Waals surface area contributed by atoms with Gasteiger partial charge >= 0.3 is 0 Å². The van der Waals surface area contributed by atoms with Crippen molar-refractivity contribution in [1.29, 1.82) is 0 Å². The van der Waals surface area contributed by atoms with Gasteiger partial charge in [-0.2, -0.15) is 4.98 Å². The first-order valence-electron chi connectivity index (χ1n) is 7.17. The molecule has 0 radical (unpaired) electrons. The number of nitrogens with two attached hydrogens (primary N) is 1. The first-order chi connectivity index (χ1) is 10.1. The van der Waals surface area contributed by atoms with Gasteiger partial charge in [-0.15, -0.1) is 0 Å². The van der Waals surface area contributed by atoms with Crippen LogP contribution in [0.4, 0.5) is 0 Å². The Hall–Kier alpha value is -1.10. The molecule has 2 N–H and O–H groups in total. The highest BCUT2D eigenvalue weighted by atomic mass is 35.5. The second-order valence-electron chi connectivity index (χ2n) is 5.62. The van der Waals surface area contributed by atoms with Gasteiger partial charge in [0.05, 0.1) is 15.6 Å². The monoisotopic (exact) mass is 325 g/mol. The first kappa shape index (κ1) is 14.8. The molecule has 0 unspecified atom stereocenters. The van der Waals surface area contributed by atoms with Crippen LogP contribution in [0.2, 0.25) is 10.0 Å². The Morgan fingerprint density at radius 3 is 2.43 bits per heavy atom. The van der Waals surface area contributed by atoms with Crippen LogP contribution in [0.15, 0.2) is 22.7 Å². The molecule has 1 fully saturated rings. The third-order valence-corrected chi connectivity index (χ3v) is 4.77. The van der Waals surface area contributed by atoms with Crippen molar-refractivity contribution in [3.63, 3.8) is 0 Å². The summed E-state index contributed by atoms with van der Waals surface area (Å²) in [6.45, 7) is 0. The van der Waals surface area contributed by atoms with Crippen molar-refractivity contribution in [2.75, 3.05) is 0 Å². The predicted octanol–water partition coefficient (Wildman–Crippen LogP) is 4.55. The molecule has 21 heavy (non-hydrogen) atoms. The van der Waals surface area contributed by atoms with Crippen molar-refractivity contribution in [3.8, 4) is 11.5 Å².